The van der Waals surface area contributed by atoms with Gasteiger partial charge < -0.3 is 15.4 Å². The third kappa shape index (κ3) is 2.33. The molecule has 0 bridgehead atoms. The molecule has 2 N–H and O–H groups in total. The van der Waals surface area contributed by atoms with Gasteiger partial charge in [-0.05, 0) is 51.5 Å². The molecule has 1 amide bonds. The predicted octanol–water partition coefficient (Wildman–Crippen LogP) is 0.956. The van der Waals surface area contributed by atoms with Crippen LogP contribution in [-0.2, 0) is 9.53 Å². The van der Waals surface area contributed by atoms with Gasteiger partial charge >= 0.3 is 0 Å². The van der Waals surface area contributed by atoms with Crippen molar-refractivity contribution in [2.24, 2.45) is 0 Å². The van der Waals surface area contributed by atoms with Gasteiger partial charge in [-0.1, -0.05) is 0 Å². The summed E-state index contributed by atoms with van der Waals surface area (Å²) in [5, 5.41) is 6.80. The number of hydrogen-bond acceptors (Lipinski definition) is 3. The quantitative estimate of drug-likeness (QED) is 0.753. The van der Waals surface area contributed by atoms with Crippen molar-refractivity contribution in [1.29, 1.82) is 0 Å². The fraction of sp³-hybridized carbons (Fsp3) is 0.923. The number of carbonyl (C=O) groups excluding carboxylic acids is 1. The summed E-state index contributed by atoms with van der Waals surface area (Å²) in [6, 6.07) is 0.355. The van der Waals surface area contributed by atoms with Gasteiger partial charge in [-0.25, -0.2) is 0 Å². The predicted molar refractivity (Wildman–Crippen MR) is 64.7 cm³/mol. The Bertz CT molecular complexity index is 296. The number of ether oxygens (including phenoxy) is 1. The van der Waals surface area contributed by atoms with E-state index in [1.807, 2.05) is 0 Å². The largest absolute Gasteiger partial charge is 0.368 e. The molecule has 3 rings (SSSR count). The van der Waals surface area contributed by atoms with E-state index in [4.69, 9.17) is 4.74 Å². The van der Waals surface area contributed by atoms with E-state index in [9.17, 15) is 4.79 Å². The van der Waals surface area contributed by atoms with Crippen LogP contribution in [0.15, 0.2) is 0 Å². The smallest absolute Gasteiger partial charge is 0.249 e. The molecule has 0 aromatic carbocycles. The van der Waals surface area contributed by atoms with Crippen LogP contribution in [-0.4, -0.2) is 36.7 Å². The number of rotatable bonds is 2. The first kappa shape index (κ1) is 11.5. The van der Waals surface area contributed by atoms with Gasteiger partial charge in [0.05, 0.1) is 0 Å². The lowest BCUT2D eigenvalue weighted by Gasteiger charge is -2.48. The van der Waals surface area contributed by atoms with E-state index in [-0.39, 0.29) is 12.0 Å². The normalized spacial score (nSPS) is 35.5. The highest BCUT2D eigenvalue weighted by molar-refractivity contribution is 5.81. The molecule has 0 aromatic rings. The van der Waals surface area contributed by atoms with Crippen LogP contribution < -0.4 is 10.6 Å². The number of piperidine rings is 1. The zero-order valence-corrected chi connectivity index (χ0v) is 10.3. The topological polar surface area (TPSA) is 50.4 Å². The molecule has 0 aromatic heterocycles. The third-order valence-corrected chi connectivity index (χ3v) is 4.51. The molecule has 4 heteroatoms. The summed E-state index contributed by atoms with van der Waals surface area (Å²) >= 11 is 0. The van der Waals surface area contributed by atoms with Crippen molar-refractivity contribution in [1.82, 2.24) is 10.6 Å². The van der Waals surface area contributed by atoms with Gasteiger partial charge in [-0.2, -0.15) is 0 Å². The fourth-order valence-corrected chi connectivity index (χ4v) is 3.34. The minimum absolute atomic E-state index is 0.115. The highest BCUT2D eigenvalue weighted by atomic mass is 16.5. The third-order valence-electron chi connectivity index (χ3n) is 4.51. The molecular weight excluding hydrogens is 216 g/mol. The monoisotopic (exact) mass is 238 g/mol. The van der Waals surface area contributed by atoms with Crippen molar-refractivity contribution in [2.45, 2.75) is 62.6 Å². The van der Waals surface area contributed by atoms with Crippen LogP contribution in [0.5, 0.6) is 0 Å². The second-order valence-electron chi connectivity index (χ2n) is 5.76. The number of nitrogens with one attached hydrogen (secondary N) is 2. The van der Waals surface area contributed by atoms with Crippen molar-refractivity contribution in [3.8, 4) is 0 Å². The molecular formula is C13H22N2O2. The number of amides is 1. The van der Waals surface area contributed by atoms with Crippen LogP contribution >= 0.6 is 0 Å². The standard InChI is InChI=1S/C13H22N2O2/c16-12(11-3-1-8-17-11)15-10-4-7-14-13(9-10)5-2-6-13/h10-11,14H,1-9H2,(H,15,16)/t10?,11-/m0/s1. The van der Waals surface area contributed by atoms with Crippen molar-refractivity contribution in [3.63, 3.8) is 0 Å². The maximum atomic E-state index is 12.0. The van der Waals surface area contributed by atoms with Gasteiger partial charge in [0.1, 0.15) is 6.10 Å². The van der Waals surface area contributed by atoms with E-state index in [1.54, 1.807) is 0 Å². The van der Waals surface area contributed by atoms with Crippen LogP contribution in [0.25, 0.3) is 0 Å². The second-order valence-corrected chi connectivity index (χ2v) is 5.76. The lowest BCUT2D eigenvalue weighted by Crippen LogP contribution is -2.60. The van der Waals surface area contributed by atoms with E-state index in [0.717, 1.165) is 38.8 Å². The van der Waals surface area contributed by atoms with Gasteiger partial charge in [0.25, 0.3) is 0 Å². The summed E-state index contributed by atoms with van der Waals surface area (Å²) in [5.74, 6) is 0.115. The average Bonchev–Trinajstić information content (AvgIpc) is 2.81. The van der Waals surface area contributed by atoms with Gasteiger partial charge in [-0.15, -0.1) is 0 Å². The number of carbonyl (C=O) groups is 1. The molecule has 4 nitrogen and oxygen atoms in total. The van der Waals surface area contributed by atoms with Crippen LogP contribution in [0.4, 0.5) is 0 Å². The molecule has 2 heterocycles. The van der Waals surface area contributed by atoms with Crippen LogP contribution in [0.2, 0.25) is 0 Å². The van der Waals surface area contributed by atoms with Gasteiger partial charge in [-0.3, -0.25) is 4.79 Å². The lowest BCUT2D eigenvalue weighted by atomic mass is 9.70. The zero-order chi connectivity index (χ0) is 11.7. The van der Waals surface area contributed by atoms with E-state index in [1.165, 1.54) is 19.3 Å². The van der Waals surface area contributed by atoms with E-state index in [0.29, 0.717) is 11.6 Å². The summed E-state index contributed by atoms with van der Waals surface area (Å²) in [4.78, 5) is 12.0. The first-order valence-corrected chi connectivity index (χ1v) is 6.94. The lowest BCUT2D eigenvalue weighted by molar-refractivity contribution is -0.131. The Kier molecular flexibility index (Phi) is 3.09. The number of hydrogen-bond donors (Lipinski definition) is 2. The van der Waals surface area contributed by atoms with Crippen molar-refractivity contribution >= 4 is 5.91 Å². The Hall–Kier alpha value is -0.610. The van der Waals surface area contributed by atoms with Crippen LogP contribution in [0.3, 0.4) is 0 Å². The van der Waals surface area contributed by atoms with E-state index >= 15 is 0 Å². The first-order valence-electron chi connectivity index (χ1n) is 6.94. The van der Waals surface area contributed by atoms with Gasteiger partial charge in [0, 0.05) is 18.2 Å². The minimum atomic E-state index is -0.178. The SMILES string of the molecule is O=C(NC1CCNC2(CCC2)C1)[C@@H]1CCCO1. The highest BCUT2D eigenvalue weighted by Gasteiger charge is 2.41. The first-order chi connectivity index (χ1) is 8.27. The van der Waals surface area contributed by atoms with Gasteiger partial charge in [0.2, 0.25) is 5.91 Å². The second kappa shape index (κ2) is 4.58. The van der Waals surface area contributed by atoms with E-state index in [2.05, 4.69) is 10.6 Å². The molecule has 0 radical (unpaired) electrons. The molecule has 17 heavy (non-hydrogen) atoms. The summed E-state index contributed by atoms with van der Waals surface area (Å²) in [6.45, 7) is 1.78. The Morgan fingerprint density at radius 2 is 2.18 bits per heavy atom. The highest BCUT2D eigenvalue weighted by Crippen LogP contribution is 2.38. The van der Waals surface area contributed by atoms with E-state index < -0.39 is 0 Å². The molecule has 1 aliphatic carbocycles. The summed E-state index contributed by atoms with van der Waals surface area (Å²) in [5.41, 5.74) is 0.354. The van der Waals surface area contributed by atoms with Crippen molar-refractivity contribution in [3.05, 3.63) is 0 Å². The Labute approximate surface area is 102 Å². The molecule has 1 spiro atoms. The molecule has 3 fully saturated rings. The Morgan fingerprint density at radius 3 is 2.82 bits per heavy atom. The fourth-order valence-electron chi connectivity index (χ4n) is 3.34. The molecule has 96 valence electrons. The summed E-state index contributed by atoms with van der Waals surface area (Å²) < 4.78 is 5.42. The minimum Gasteiger partial charge on any atom is -0.368 e. The van der Waals surface area contributed by atoms with Crippen LogP contribution in [0.1, 0.15) is 44.9 Å². The Balaban J connectivity index is 1.52. The summed E-state index contributed by atoms with van der Waals surface area (Å²) in [6.07, 6.45) is 7.78. The van der Waals surface area contributed by atoms with Gasteiger partial charge in [0.15, 0.2) is 0 Å². The van der Waals surface area contributed by atoms with Crippen LogP contribution in [0, 0.1) is 0 Å². The van der Waals surface area contributed by atoms with Crippen molar-refractivity contribution < 1.29 is 9.53 Å². The molecule has 2 aliphatic heterocycles. The summed E-state index contributed by atoms with van der Waals surface area (Å²) in [7, 11) is 0. The molecule has 1 unspecified atom stereocenters. The molecule has 2 saturated heterocycles. The maximum Gasteiger partial charge on any atom is 0.249 e. The molecule has 1 saturated carbocycles. The average molecular weight is 238 g/mol. The Morgan fingerprint density at radius 1 is 1.29 bits per heavy atom. The molecule has 2 atom stereocenters. The van der Waals surface area contributed by atoms with Crippen molar-refractivity contribution in [2.75, 3.05) is 13.2 Å². The maximum absolute atomic E-state index is 12.0. The molecule has 3 aliphatic rings. The zero-order valence-electron chi connectivity index (χ0n) is 10.3.